The number of hydrogen-bond acceptors (Lipinski definition) is 2. The fraction of sp³-hybridized carbons (Fsp3) is 0.667. The molecule has 1 rings (SSSR count). The SMILES string of the molecule is C[Si]1(C)C#C[Si](C)(C)O[Si](C)(C)C#C[Si](C)(C)O1. The normalized spacial score (nSPS) is 27.1. The Bertz CT molecular complexity index is 378. The van der Waals surface area contributed by atoms with E-state index in [-0.39, 0.29) is 0 Å². The van der Waals surface area contributed by atoms with Crippen molar-refractivity contribution in [3.05, 3.63) is 0 Å². The zero-order chi connectivity index (χ0) is 14.2. The van der Waals surface area contributed by atoms with Crippen molar-refractivity contribution >= 4 is 33.3 Å². The molecule has 0 saturated carbocycles. The number of hydrogen-bond donors (Lipinski definition) is 0. The van der Waals surface area contributed by atoms with Gasteiger partial charge in [0.05, 0.1) is 0 Å². The molecule has 0 unspecified atom stereocenters. The molecule has 0 bridgehead atoms. The van der Waals surface area contributed by atoms with E-state index in [0.29, 0.717) is 0 Å². The first-order chi connectivity index (χ1) is 7.83. The molecule has 0 aliphatic carbocycles. The molecule has 0 aromatic rings. The Labute approximate surface area is 116 Å². The van der Waals surface area contributed by atoms with Gasteiger partial charge in [0.2, 0.25) is 0 Å². The van der Waals surface area contributed by atoms with E-state index in [0.717, 1.165) is 0 Å². The van der Waals surface area contributed by atoms with Crippen LogP contribution in [0.25, 0.3) is 0 Å². The predicted octanol–water partition coefficient (Wildman–Crippen LogP) is 3.02. The summed E-state index contributed by atoms with van der Waals surface area (Å²) in [5, 5.41) is 0. The highest BCUT2D eigenvalue weighted by atomic mass is 28.4. The Morgan fingerprint density at radius 3 is 0.778 bits per heavy atom. The third kappa shape index (κ3) is 5.27. The van der Waals surface area contributed by atoms with Crippen LogP contribution in [0, 0.1) is 22.2 Å². The molecule has 0 aromatic carbocycles. The average Bonchev–Trinajstić information content (AvgIpc) is 2.08. The summed E-state index contributed by atoms with van der Waals surface area (Å²) >= 11 is 0. The Morgan fingerprint density at radius 1 is 0.444 bits per heavy atom. The second-order valence-electron chi connectivity index (χ2n) is 6.75. The third-order valence-corrected chi connectivity index (χ3v) is 13.9. The van der Waals surface area contributed by atoms with Crippen LogP contribution in [0.3, 0.4) is 0 Å². The van der Waals surface area contributed by atoms with Crippen LogP contribution in [0.1, 0.15) is 0 Å². The van der Waals surface area contributed by atoms with Crippen molar-refractivity contribution < 1.29 is 8.23 Å². The van der Waals surface area contributed by atoms with Crippen LogP contribution in [-0.4, -0.2) is 33.3 Å². The minimum absolute atomic E-state index is 1.93. The quantitative estimate of drug-likeness (QED) is 0.506. The Morgan fingerprint density at radius 2 is 0.611 bits per heavy atom. The first kappa shape index (κ1) is 16.0. The maximum absolute atomic E-state index is 6.31. The van der Waals surface area contributed by atoms with Gasteiger partial charge in [-0.2, -0.15) is 0 Å². The second kappa shape index (κ2) is 4.78. The molecular weight excluding hydrogens is 288 g/mol. The van der Waals surface area contributed by atoms with Crippen LogP contribution in [-0.2, 0) is 8.23 Å². The lowest BCUT2D eigenvalue weighted by molar-refractivity contribution is 0.569. The molecule has 18 heavy (non-hydrogen) atoms. The Balaban J connectivity index is 3.24. The largest absolute Gasteiger partial charge is 0.438 e. The topological polar surface area (TPSA) is 18.5 Å². The lowest BCUT2D eigenvalue weighted by Gasteiger charge is -2.31. The van der Waals surface area contributed by atoms with Gasteiger partial charge in [0.25, 0.3) is 33.3 Å². The maximum atomic E-state index is 6.31. The number of rotatable bonds is 0. The summed E-state index contributed by atoms with van der Waals surface area (Å²) in [6.45, 7) is 17.3. The van der Waals surface area contributed by atoms with Crippen molar-refractivity contribution in [2.45, 2.75) is 52.4 Å². The van der Waals surface area contributed by atoms with E-state index in [1.165, 1.54) is 0 Å². The van der Waals surface area contributed by atoms with E-state index in [1.807, 2.05) is 0 Å². The standard InChI is InChI=1S/C12H24O2Si4/c1-15(2)9-10-17(5,6)14-18(7,8)12-11-16(3,4)13-15/h1-8H3. The Hall–Kier alpha value is -0.0925. The van der Waals surface area contributed by atoms with Crippen molar-refractivity contribution in [1.82, 2.24) is 0 Å². The summed E-state index contributed by atoms with van der Waals surface area (Å²) in [5.74, 6) is 0. The highest BCUT2D eigenvalue weighted by molar-refractivity contribution is 6.97. The molecule has 0 atom stereocenters. The molecule has 6 heteroatoms. The molecule has 100 valence electrons. The van der Waals surface area contributed by atoms with Crippen LogP contribution >= 0.6 is 0 Å². The summed E-state index contributed by atoms with van der Waals surface area (Å²) < 4.78 is 12.6. The van der Waals surface area contributed by atoms with Crippen molar-refractivity contribution in [2.75, 3.05) is 0 Å². The van der Waals surface area contributed by atoms with Gasteiger partial charge in [0.1, 0.15) is 0 Å². The van der Waals surface area contributed by atoms with E-state index in [9.17, 15) is 0 Å². The van der Waals surface area contributed by atoms with Gasteiger partial charge < -0.3 is 8.23 Å². The van der Waals surface area contributed by atoms with Gasteiger partial charge in [-0.1, -0.05) is 0 Å². The molecule has 1 heterocycles. The summed E-state index contributed by atoms with van der Waals surface area (Å²) in [4.78, 5) is 0. The summed E-state index contributed by atoms with van der Waals surface area (Å²) in [5.41, 5.74) is 13.6. The fourth-order valence-corrected chi connectivity index (χ4v) is 17.8. The first-order valence-corrected chi connectivity index (χ1v) is 17.9. The average molecular weight is 313 g/mol. The molecule has 1 aliphatic rings. The summed E-state index contributed by atoms with van der Waals surface area (Å²) in [6.07, 6.45) is 0. The highest BCUT2D eigenvalue weighted by Gasteiger charge is 2.36. The first-order valence-electron chi connectivity index (χ1n) is 6.32. The van der Waals surface area contributed by atoms with Gasteiger partial charge in [-0.15, -0.1) is 22.2 Å². The maximum Gasteiger partial charge on any atom is 0.255 e. The van der Waals surface area contributed by atoms with E-state index >= 15 is 0 Å². The van der Waals surface area contributed by atoms with Gasteiger partial charge in [0.15, 0.2) is 0 Å². The fourth-order valence-electron chi connectivity index (χ4n) is 1.98. The van der Waals surface area contributed by atoms with E-state index in [2.05, 4.69) is 74.6 Å². The van der Waals surface area contributed by atoms with Crippen molar-refractivity contribution in [3.8, 4) is 22.2 Å². The molecular formula is C12H24O2Si4. The highest BCUT2D eigenvalue weighted by Crippen LogP contribution is 2.18. The molecule has 0 saturated heterocycles. The summed E-state index contributed by atoms with van der Waals surface area (Å²) in [6, 6.07) is 0. The molecule has 2 nitrogen and oxygen atoms in total. The molecule has 0 aromatic heterocycles. The zero-order valence-electron chi connectivity index (χ0n) is 12.8. The van der Waals surface area contributed by atoms with Crippen molar-refractivity contribution in [2.24, 2.45) is 0 Å². The molecule has 0 amide bonds. The van der Waals surface area contributed by atoms with Gasteiger partial charge in [0, 0.05) is 0 Å². The minimum Gasteiger partial charge on any atom is -0.438 e. The van der Waals surface area contributed by atoms with Crippen molar-refractivity contribution in [1.29, 1.82) is 0 Å². The van der Waals surface area contributed by atoms with E-state index < -0.39 is 33.3 Å². The van der Waals surface area contributed by atoms with Gasteiger partial charge in [-0.25, -0.2) is 0 Å². The smallest absolute Gasteiger partial charge is 0.255 e. The van der Waals surface area contributed by atoms with Crippen LogP contribution in [0.2, 0.25) is 52.4 Å². The van der Waals surface area contributed by atoms with Gasteiger partial charge in [-0.05, 0) is 52.4 Å². The van der Waals surface area contributed by atoms with Gasteiger partial charge in [-0.3, -0.25) is 0 Å². The molecule has 0 radical (unpaired) electrons. The lowest BCUT2D eigenvalue weighted by atomic mass is 11.4. The van der Waals surface area contributed by atoms with Gasteiger partial charge >= 0.3 is 0 Å². The monoisotopic (exact) mass is 312 g/mol. The van der Waals surface area contributed by atoms with Crippen molar-refractivity contribution in [3.63, 3.8) is 0 Å². The molecule has 0 N–H and O–H groups in total. The Kier molecular flexibility index (Phi) is 4.24. The predicted molar refractivity (Wildman–Crippen MR) is 87.7 cm³/mol. The summed E-state index contributed by atoms with van der Waals surface area (Å²) in [7, 11) is -7.72. The molecule has 1 aliphatic heterocycles. The lowest BCUT2D eigenvalue weighted by Crippen LogP contribution is -2.48. The van der Waals surface area contributed by atoms with E-state index in [1.54, 1.807) is 0 Å². The minimum atomic E-state index is -1.93. The van der Waals surface area contributed by atoms with E-state index in [4.69, 9.17) is 8.23 Å². The van der Waals surface area contributed by atoms with Crippen LogP contribution in [0.5, 0.6) is 0 Å². The van der Waals surface area contributed by atoms with Crippen LogP contribution in [0.4, 0.5) is 0 Å². The zero-order valence-corrected chi connectivity index (χ0v) is 16.8. The van der Waals surface area contributed by atoms with Crippen LogP contribution < -0.4 is 0 Å². The molecule has 0 spiro atoms. The second-order valence-corrected chi connectivity index (χ2v) is 21.5. The third-order valence-electron chi connectivity index (χ3n) is 2.35. The van der Waals surface area contributed by atoms with Crippen LogP contribution in [0.15, 0.2) is 0 Å². The molecule has 0 fully saturated rings.